The zero-order chi connectivity index (χ0) is 13.8. The summed E-state index contributed by atoms with van der Waals surface area (Å²) in [5, 5.41) is 3.33. The first kappa shape index (κ1) is 12.9. The third-order valence-electron chi connectivity index (χ3n) is 3.06. The first-order chi connectivity index (χ1) is 9.86. The first-order valence-corrected chi connectivity index (χ1v) is 6.47. The highest BCUT2D eigenvalue weighted by atomic mass is 16.5. The average molecular weight is 272 g/mol. The summed E-state index contributed by atoms with van der Waals surface area (Å²) in [4.78, 5) is 4.43. The lowest BCUT2D eigenvalue weighted by Crippen LogP contribution is -2.24. The van der Waals surface area contributed by atoms with E-state index in [9.17, 15) is 0 Å². The summed E-state index contributed by atoms with van der Waals surface area (Å²) in [6.45, 7) is 1.04. The Labute approximate surface area is 116 Å². The van der Waals surface area contributed by atoms with E-state index in [0.29, 0.717) is 19.0 Å². The van der Waals surface area contributed by atoms with Gasteiger partial charge in [0.25, 0.3) is 0 Å². The molecule has 0 bridgehead atoms. The van der Waals surface area contributed by atoms with Gasteiger partial charge in [-0.15, -0.1) is 0 Å². The molecule has 1 atom stereocenters. The summed E-state index contributed by atoms with van der Waals surface area (Å²) in [6.07, 6.45) is 1.65. The Balaban J connectivity index is 1.70. The van der Waals surface area contributed by atoms with Gasteiger partial charge in [-0.2, -0.15) is 0 Å². The lowest BCUT2D eigenvalue weighted by molar-refractivity contribution is 0.155. The van der Waals surface area contributed by atoms with Gasteiger partial charge in [-0.05, 0) is 24.3 Å². The van der Waals surface area contributed by atoms with Crippen molar-refractivity contribution in [3.8, 4) is 0 Å². The molecule has 0 fully saturated rings. The molecule has 0 saturated heterocycles. The van der Waals surface area contributed by atoms with Gasteiger partial charge >= 0.3 is 0 Å². The molecule has 104 valence electrons. The Morgan fingerprint density at radius 1 is 1.25 bits per heavy atom. The molecular formula is C15H16N2O3. The number of para-hydroxylation sites is 2. The van der Waals surface area contributed by atoms with Gasteiger partial charge in [-0.3, -0.25) is 5.32 Å². The largest absolute Gasteiger partial charge is 0.468 e. The van der Waals surface area contributed by atoms with E-state index in [1.807, 2.05) is 36.4 Å². The van der Waals surface area contributed by atoms with Crippen molar-refractivity contribution in [1.82, 2.24) is 10.3 Å². The molecule has 20 heavy (non-hydrogen) atoms. The fraction of sp³-hybridized carbons (Fsp3) is 0.267. The molecular weight excluding hydrogens is 256 g/mol. The molecule has 3 aromatic rings. The minimum atomic E-state index is -0.0231. The van der Waals surface area contributed by atoms with Crippen molar-refractivity contribution < 1.29 is 13.6 Å². The molecule has 2 aromatic heterocycles. The van der Waals surface area contributed by atoms with E-state index in [0.717, 1.165) is 16.9 Å². The molecule has 5 nitrogen and oxygen atoms in total. The van der Waals surface area contributed by atoms with Crippen LogP contribution in [0.5, 0.6) is 0 Å². The molecule has 0 radical (unpaired) electrons. The van der Waals surface area contributed by atoms with Crippen molar-refractivity contribution >= 4 is 11.1 Å². The van der Waals surface area contributed by atoms with Crippen LogP contribution in [0.1, 0.15) is 17.7 Å². The Morgan fingerprint density at radius 3 is 2.90 bits per heavy atom. The predicted molar refractivity (Wildman–Crippen MR) is 74.2 cm³/mol. The maximum Gasteiger partial charge on any atom is 0.209 e. The minimum Gasteiger partial charge on any atom is -0.468 e. The summed E-state index contributed by atoms with van der Waals surface area (Å²) in [7, 11) is 1.66. The number of methoxy groups -OCH3 is 1. The molecule has 1 aromatic carbocycles. The highest BCUT2D eigenvalue weighted by Crippen LogP contribution is 2.17. The maximum atomic E-state index is 5.67. The molecule has 1 unspecified atom stereocenters. The number of benzene rings is 1. The van der Waals surface area contributed by atoms with Crippen LogP contribution in [0.2, 0.25) is 0 Å². The number of ether oxygens (including phenoxy) is 1. The second kappa shape index (κ2) is 5.90. The lowest BCUT2D eigenvalue weighted by atomic mass is 10.2. The van der Waals surface area contributed by atoms with Gasteiger partial charge in [0.1, 0.15) is 11.3 Å². The monoisotopic (exact) mass is 272 g/mol. The van der Waals surface area contributed by atoms with Crippen LogP contribution in [0, 0.1) is 0 Å². The van der Waals surface area contributed by atoms with Gasteiger partial charge in [0.2, 0.25) is 5.89 Å². The van der Waals surface area contributed by atoms with Crippen LogP contribution in [0.25, 0.3) is 11.1 Å². The van der Waals surface area contributed by atoms with Crippen LogP contribution < -0.4 is 5.32 Å². The highest BCUT2D eigenvalue weighted by molar-refractivity contribution is 5.72. The fourth-order valence-corrected chi connectivity index (χ4v) is 2.10. The quantitative estimate of drug-likeness (QED) is 0.747. The molecule has 1 N–H and O–H groups in total. The first-order valence-electron chi connectivity index (χ1n) is 6.47. The number of nitrogens with zero attached hydrogens (tertiary/aromatic N) is 1. The van der Waals surface area contributed by atoms with E-state index in [-0.39, 0.29) is 6.04 Å². The van der Waals surface area contributed by atoms with Gasteiger partial charge in [-0.1, -0.05) is 12.1 Å². The molecule has 0 spiro atoms. The van der Waals surface area contributed by atoms with E-state index in [4.69, 9.17) is 13.6 Å². The van der Waals surface area contributed by atoms with Crippen molar-refractivity contribution in [3.63, 3.8) is 0 Å². The normalized spacial score (nSPS) is 12.8. The second-order valence-electron chi connectivity index (χ2n) is 4.48. The van der Waals surface area contributed by atoms with E-state index in [2.05, 4.69) is 10.3 Å². The number of fused-ring (bicyclic) bond motifs is 1. The average Bonchev–Trinajstić information content (AvgIpc) is 3.12. The Hall–Kier alpha value is -2.11. The van der Waals surface area contributed by atoms with E-state index in [1.54, 1.807) is 13.4 Å². The van der Waals surface area contributed by atoms with Gasteiger partial charge < -0.3 is 13.6 Å². The van der Waals surface area contributed by atoms with E-state index in [1.165, 1.54) is 0 Å². The molecule has 0 aliphatic heterocycles. The number of hydrogen-bond donors (Lipinski definition) is 1. The third-order valence-corrected chi connectivity index (χ3v) is 3.06. The predicted octanol–water partition coefficient (Wildman–Crippen LogP) is 2.90. The summed E-state index contributed by atoms with van der Waals surface area (Å²) < 4.78 is 16.3. The summed E-state index contributed by atoms with van der Waals surface area (Å²) in [5.74, 6) is 1.49. The second-order valence-corrected chi connectivity index (χ2v) is 4.48. The number of hydrogen-bond acceptors (Lipinski definition) is 5. The molecule has 2 heterocycles. The number of aromatic nitrogens is 1. The summed E-state index contributed by atoms with van der Waals surface area (Å²) in [5.41, 5.74) is 1.66. The van der Waals surface area contributed by atoms with Crippen molar-refractivity contribution in [1.29, 1.82) is 0 Å². The van der Waals surface area contributed by atoms with Crippen molar-refractivity contribution in [3.05, 3.63) is 54.3 Å². The van der Waals surface area contributed by atoms with Crippen molar-refractivity contribution in [2.75, 3.05) is 13.7 Å². The molecule has 0 saturated carbocycles. The van der Waals surface area contributed by atoms with Gasteiger partial charge in [-0.25, -0.2) is 4.98 Å². The zero-order valence-electron chi connectivity index (χ0n) is 11.2. The van der Waals surface area contributed by atoms with E-state index < -0.39 is 0 Å². The topological polar surface area (TPSA) is 60.4 Å². The van der Waals surface area contributed by atoms with Crippen LogP contribution in [-0.4, -0.2) is 18.7 Å². The van der Waals surface area contributed by atoms with Gasteiger partial charge in [0, 0.05) is 7.11 Å². The van der Waals surface area contributed by atoms with Crippen LogP contribution in [-0.2, 0) is 11.3 Å². The van der Waals surface area contributed by atoms with Crippen molar-refractivity contribution in [2.24, 2.45) is 0 Å². The van der Waals surface area contributed by atoms with Gasteiger partial charge in [0.05, 0.1) is 25.5 Å². The van der Waals surface area contributed by atoms with Crippen LogP contribution >= 0.6 is 0 Å². The third kappa shape index (κ3) is 2.74. The number of oxazole rings is 1. The maximum absolute atomic E-state index is 5.67. The molecule has 3 rings (SSSR count). The lowest BCUT2D eigenvalue weighted by Gasteiger charge is -2.14. The number of nitrogens with one attached hydrogen (secondary N) is 1. The molecule has 0 aliphatic carbocycles. The fourth-order valence-electron chi connectivity index (χ4n) is 2.10. The molecule has 0 amide bonds. The minimum absolute atomic E-state index is 0.0231. The number of furan rings is 1. The number of rotatable bonds is 6. The van der Waals surface area contributed by atoms with Crippen LogP contribution in [0.3, 0.4) is 0 Å². The highest BCUT2D eigenvalue weighted by Gasteiger charge is 2.15. The summed E-state index contributed by atoms with van der Waals surface area (Å²) in [6, 6.07) is 11.5. The Kier molecular flexibility index (Phi) is 3.80. The molecule has 0 aliphatic rings. The Morgan fingerprint density at radius 2 is 2.15 bits per heavy atom. The smallest absolute Gasteiger partial charge is 0.209 e. The molecule has 5 heteroatoms. The van der Waals surface area contributed by atoms with Gasteiger partial charge in [0.15, 0.2) is 5.58 Å². The zero-order valence-corrected chi connectivity index (χ0v) is 11.2. The van der Waals surface area contributed by atoms with E-state index >= 15 is 0 Å². The Bertz CT molecular complexity index is 628. The van der Waals surface area contributed by atoms with Crippen LogP contribution in [0.15, 0.2) is 51.5 Å². The van der Waals surface area contributed by atoms with Crippen LogP contribution in [0.4, 0.5) is 0 Å². The van der Waals surface area contributed by atoms with Crippen molar-refractivity contribution in [2.45, 2.75) is 12.6 Å². The summed E-state index contributed by atoms with van der Waals surface area (Å²) >= 11 is 0. The standard InChI is InChI=1S/C15H16N2O3/c1-18-10-12(13-7-4-8-19-13)16-9-15-17-11-5-2-3-6-14(11)20-15/h2-8,12,16H,9-10H2,1H3. The SMILES string of the molecule is COCC(NCc1nc2ccccc2o1)c1ccco1.